The van der Waals surface area contributed by atoms with Crippen LogP contribution in [-0.4, -0.2) is 68.2 Å². The van der Waals surface area contributed by atoms with Gasteiger partial charge in [-0.25, -0.2) is 9.97 Å². The maximum atomic E-state index is 12.4. The van der Waals surface area contributed by atoms with Crippen LogP contribution in [0.5, 0.6) is 0 Å². The number of carbonyl (C=O) groups is 1. The van der Waals surface area contributed by atoms with Crippen molar-refractivity contribution < 1.29 is 9.72 Å². The Labute approximate surface area is 180 Å². The summed E-state index contributed by atoms with van der Waals surface area (Å²) in [4.78, 5) is 35.7. The zero-order valence-electron chi connectivity index (χ0n) is 16.2. The molecular weight excluding hydrogens is 456 g/mol. The molecule has 3 heterocycles. The number of non-ortho nitro benzene ring substituents is 1. The highest BCUT2D eigenvalue weighted by Crippen LogP contribution is 2.27. The van der Waals surface area contributed by atoms with Gasteiger partial charge in [-0.1, -0.05) is 0 Å². The van der Waals surface area contributed by atoms with Gasteiger partial charge >= 0.3 is 0 Å². The molecule has 3 aromatic rings. The van der Waals surface area contributed by atoms with Crippen LogP contribution in [-0.2, 0) is 11.8 Å². The number of hydrogen-bond donors (Lipinski definition) is 1. The van der Waals surface area contributed by atoms with E-state index >= 15 is 0 Å². The molecule has 30 heavy (non-hydrogen) atoms. The fourth-order valence-corrected chi connectivity index (χ4v) is 3.90. The van der Waals surface area contributed by atoms with E-state index in [4.69, 9.17) is 0 Å². The van der Waals surface area contributed by atoms with Crippen molar-refractivity contribution in [2.45, 2.75) is 0 Å². The van der Waals surface area contributed by atoms with E-state index < -0.39 is 4.92 Å². The number of piperazine rings is 1. The minimum absolute atomic E-state index is 0.0385. The number of nitrogens with zero attached hydrogens (tertiary/aromatic N) is 7. The number of nitro benzene ring substituents is 1. The molecule has 156 valence electrons. The number of benzene rings is 1. The number of aryl methyl sites for hydroxylation is 1. The summed E-state index contributed by atoms with van der Waals surface area (Å²) >= 11 is 3.27. The molecule has 1 fully saturated rings. The van der Waals surface area contributed by atoms with Gasteiger partial charge in [0.25, 0.3) is 5.69 Å². The highest BCUT2D eigenvalue weighted by Gasteiger charge is 2.22. The highest BCUT2D eigenvalue weighted by molar-refractivity contribution is 9.10. The summed E-state index contributed by atoms with van der Waals surface area (Å²) in [5.41, 5.74) is 1.25. The summed E-state index contributed by atoms with van der Waals surface area (Å²) in [5, 5.41) is 18.8. The lowest BCUT2D eigenvalue weighted by Crippen LogP contribution is -2.49. The Morgan fingerprint density at radius 2 is 2.03 bits per heavy atom. The number of halogens is 1. The number of fused-ring (bicyclic) bond motifs is 1. The van der Waals surface area contributed by atoms with Crippen LogP contribution in [0.15, 0.2) is 35.2 Å². The normalized spacial score (nSPS) is 14.8. The standard InChI is InChI=1S/C18H19BrN8O3/c1-24-17-13(9-22-24)18(21-11-20-17)26-6-4-25(5-7-26)10-16(28)23-15-3-2-12(27(29)30)8-14(15)19/h2-3,8-9,11H,4-7,10H2,1H3,(H,23,28). The lowest BCUT2D eigenvalue weighted by molar-refractivity contribution is -0.384. The van der Waals surface area contributed by atoms with Gasteiger partial charge in [0.2, 0.25) is 5.91 Å². The Hall–Kier alpha value is -3.12. The molecule has 1 aliphatic heterocycles. The van der Waals surface area contributed by atoms with Crippen LogP contribution in [0.1, 0.15) is 0 Å². The fourth-order valence-electron chi connectivity index (χ4n) is 3.43. The quantitative estimate of drug-likeness (QED) is 0.438. The second kappa shape index (κ2) is 8.32. The van der Waals surface area contributed by atoms with Crippen molar-refractivity contribution >= 4 is 50.1 Å². The largest absolute Gasteiger partial charge is 0.353 e. The maximum Gasteiger partial charge on any atom is 0.270 e. The first-order valence-corrected chi connectivity index (χ1v) is 10.1. The van der Waals surface area contributed by atoms with Gasteiger partial charge < -0.3 is 10.2 Å². The minimum Gasteiger partial charge on any atom is -0.353 e. The third-order valence-corrected chi connectivity index (χ3v) is 5.64. The maximum absolute atomic E-state index is 12.4. The lowest BCUT2D eigenvalue weighted by Gasteiger charge is -2.35. The first-order chi connectivity index (χ1) is 14.4. The molecule has 0 atom stereocenters. The van der Waals surface area contributed by atoms with Gasteiger partial charge in [0.05, 0.1) is 28.7 Å². The number of amides is 1. The van der Waals surface area contributed by atoms with Crippen LogP contribution < -0.4 is 10.2 Å². The molecule has 1 aliphatic rings. The van der Waals surface area contributed by atoms with Gasteiger partial charge in [0.15, 0.2) is 5.65 Å². The number of nitro groups is 1. The van der Waals surface area contributed by atoms with Crippen molar-refractivity contribution in [3.8, 4) is 0 Å². The van der Waals surface area contributed by atoms with E-state index in [9.17, 15) is 14.9 Å². The molecule has 1 saturated heterocycles. The molecule has 0 radical (unpaired) electrons. The van der Waals surface area contributed by atoms with Crippen molar-refractivity contribution in [2.75, 3.05) is 42.9 Å². The number of anilines is 2. The molecule has 1 aromatic carbocycles. The van der Waals surface area contributed by atoms with Crippen LogP contribution in [0.4, 0.5) is 17.2 Å². The van der Waals surface area contributed by atoms with Crippen LogP contribution in [0.2, 0.25) is 0 Å². The molecule has 1 N–H and O–H groups in total. The molecule has 11 nitrogen and oxygen atoms in total. The van der Waals surface area contributed by atoms with E-state index in [0.29, 0.717) is 23.2 Å². The average Bonchev–Trinajstić information content (AvgIpc) is 3.11. The second-order valence-electron chi connectivity index (χ2n) is 6.94. The topological polar surface area (TPSA) is 122 Å². The van der Waals surface area contributed by atoms with E-state index in [1.54, 1.807) is 17.2 Å². The Kier molecular flexibility index (Phi) is 5.59. The molecule has 12 heteroatoms. The molecule has 0 saturated carbocycles. The lowest BCUT2D eigenvalue weighted by atomic mass is 10.2. The molecule has 0 bridgehead atoms. The van der Waals surface area contributed by atoms with E-state index in [-0.39, 0.29) is 18.1 Å². The summed E-state index contributed by atoms with van der Waals surface area (Å²) in [5.74, 6) is 0.682. The van der Waals surface area contributed by atoms with Crippen molar-refractivity contribution in [3.05, 3.63) is 45.3 Å². The highest BCUT2D eigenvalue weighted by atomic mass is 79.9. The molecular formula is C18H19BrN8O3. The second-order valence-corrected chi connectivity index (χ2v) is 7.79. The predicted octanol–water partition coefficient (Wildman–Crippen LogP) is 1.79. The van der Waals surface area contributed by atoms with Gasteiger partial charge in [-0.3, -0.25) is 24.5 Å². The van der Waals surface area contributed by atoms with Gasteiger partial charge in [-0.2, -0.15) is 5.10 Å². The first kappa shape index (κ1) is 20.2. The minimum atomic E-state index is -0.479. The summed E-state index contributed by atoms with van der Waals surface area (Å²) < 4.78 is 2.19. The Balaban J connectivity index is 1.34. The van der Waals surface area contributed by atoms with Crippen LogP contribution in [0.3, 0.4) is 0 Å². The number of carbonyl (C=O) groups excluding carboxylic acids is 1. The van der Waals surface area contributed by atoms with Crippen LogP contribution >= 0.6 is 15.9 Å². The van der Waals surface area contributed by atoms with Crippen molar-refractivity contribution in [1.82, 2.24) is 24.6 Å². The third kappa shape index (κ3) is 4.09. The third-order valence-electron chi connectivity index (χ3n) is 4.99. The zero-order chi connectivity index (χ0) is 21.3. The Morgan fingerprint density at radius 1 is 1.27 bits per heavy atom. The van der Waals surface area contributed by atoms with Gasteiger partial charge in [0.1, 0.15) is 12.1 Å². The van der Waals surface area contributed by atoms with E-state index in [2.05, 4.69) is 46.1 Å². The van der Waals surface area contributed by atoms with Gasteiger partial charge in [-0.15, -0.1) is 0 Å². The number of nitrogens with one attached hydrogen (secondary N) is 1. The van der Waals surface area contributed by atoms with Crippen molar-refractivity contribution in [2.24, 2.45) is 7.05 Å². The molecule has 1 amide bonds. The van der Waals surface area contributed by atoms with Crippen LogP contribution in [0, 0.1) is 10.1 Å². The fraction of sp³-hybridized carbons (Fsp3) is 0.333. The zero-order valence-corrected chi connectivity index (χ0v) is 17.7. The monoisotopic (exact) mass is 474 g/mol. The van der Waals surface area contributed by atoms with E-state index in [1.165, 1.54) is 18.2 Å². The number of aromatic nitrogens is 4. The Bertz CT molecular complexity index is 1110. The van der Waals surface area contributed by atoms with Crippen molar-refractivity contribution in [1.29, 1.82) is 0 Å². The predicted molar refractivity (Wildman–Crippen MR) is 114 cm³/mol. The first-order valence-electron chi connectivity index (χ1n) is 9.26. The van der Waals surface area contributed by atoms with Crippen molar-refractivity contribution in [3.63, 3.8) is 0 Å². The molecule has 2 aromatic heterocycles. The molecule has 0 unspecified atom stereocenters. The SMILES string of the molecule is Cn1ncc2c(N3CCN(CC(=O)Nc4ccc([N+](=O)[O-])cc4Br)CC3)ncnc21. The van der Waals surface area contributed by atoms with Crippen LogP contribution in [0.25, 0.3) is 11.0 Å². The Morgan fingerprint density at radius 3 is 2.73 bits per heavy atom. The summed E-state index contributed by atoms with van der Waals surface area (Å²) in [6.07, 6.45) is 3.31. The van der Waals surface area contributed by atoms with Gasteiger partial charge in [0, 0.05) is 49.8 Å². The smallest absolute Gasteiger partial charge is 0.270 e. The van der Waals surface area contributed by atoms with E-state index in [1.807, 2.05) is 7.05 Å². The molecule has 0 aliphatic carbocycles. The molecule has 0 spiro atoms. The van der Waals surface area contributed by atoms with Gasteiger partial charge in [-0.05, 0) is 22.0 Å². The average molecular weight is 475 g/mol. The molecule has 4 rings (SSSR count). The summed E-state index contributed by atoms with van der Waals surface area (Å²) in [6.45, 7) is 3.12. The number of rotatable bonds is 5. The summed E-state index contributed by atoms with van der Waals surface area (Å²) in [7, 11) is 1.85. The summed E-state index contributed by atoms with van der Waals surface area (Å²) in [6, 6.07) is 4.25. The van der Waals surface area contributed by atoms with E-state index in [0.717, 1.165) is 29.9 Å². The number of hydrogen-bond acceptors (Lipinski definition) is 8.